The molecule has 118 valence electrons. The van der Waals surface area contributed by atoms with Crippen molar-refractivity contribution in [3.05, 3.63) is 23.8 Å². The first-order chi connectivity index (χ1) is 9.67. The van der Waals surface area contributed by atoms with Gasteiger partial charge in [-0.2, -0.15) is 0 Å². The summed E-state index contributed by atoms with van der Waals surface area (Å²) in [5, 5.41) is 2.65. The number of aryl methyl sites for hydroxylation is 1. The summed E-state index contributed by atoms with van der Waals surface area (Å²) in [6, 6.07) is 4.12. The fraction of sp³-hybridized carbons (Fsp3) is 0.500. The Morgan fingerprint density at radius 3 is 2.48 bits per heavy atom. The fourth-order valence-corrected chi connectivity index (χ4v) is 2.92. The molecule has 1 amide bonds. The summed E-state index contributed by atoms with van der Waals surface area (Å²) in [4.78, 5) is 12.1. The van der Waals surface area contributed by atoms with Gasteiger partial charge in [0.2, 0.25) is 15.9 Å². The number of sulfonamides is 1. The molecule has 7 heteroatoms. The van der Waals surface area contributed by atoms with Gasteiger partial charge in [-0.05, 0) is 44.0 Å². The van der Waals surface area contributed by atoms with Gasteiger partial charge in [-0.1, -0.05) is 19.9 Å². The minimum Gasteiger partial charge on any atom is -0.325 e. The van der Waals surface area contributed by atoms with E-state index in [1.54, 1.807) is 19.1 Å². The van der Waals surface area contributed by atoms with Gasteiger partial charge in [0.05, 0.1) is 10.9 Å². The van der Waals surface area contributed by atoms with Gasteiger partial charge >= 0.3 is 0 Å². The van der Waals surface area contributed by atoms with Crippen molar-refractivity contribution in [2.24, 2.45) is 11.7 Å². The van der Waals surface area contributed by atoms with Crippen LogP contribution in [0.5, 0.6) is 0 Å². The van der Waals surface area contributed by atoms with Crippen LogP contribution in [0.1, 0.15) is 25.8 Å². The molecule has 21 heavy (non-hydrogen) atoms. The molecular formula is C14H23N3O3S. The number of carbonyl (C=O) groups is 1. The van der Waals surface area contributed by atoms with E-state index in [2.05, 4.69) is 10.0 Å². The van der Waals surface area contributed by atoms with Gasteiger partial charge in [-0.15, -0.1) is 0 Å². The fourth-order valence-electron chi connectivity index (χ4n) is 1.93. The maximum absolute atomic E-state index is 12.0. The number of rotatable bonds is 6. The zero-order valence-electron chi connectivity index (χ0n) is 12.8. The molecule has 0 saturated heterocycles. The minimum absolute atomic E-state index is 0.139. The van der Waals surface area contributed by atoms with Crippen LogP contribution in [0.4, 0.5) is 5.69 Å². The molecule has 0 fully saturated rings. The summed E-state index contributed by atoms with van der Waals surface area (Å²) < 4.78 is 26.0. The van der Waals surface area contributed by atoms with Gasteiger partial charge < -0.3 is 11.1 Å². The Bertz CT molecular complexity index is 612. The number of benzene rings is 1. The lowest BCUT2D eigenvalue weighted by molar-refractivity contribution is -0.117. The van der Waals surface area contributed by atoms with Crippen LogP contribution in [-0.4, -0.2) is 27.4 Å². The second kappa shape index (κ2) is 7.02. The highest BCUT2D eigenvalue weighted by atomic mass is 32.2. The maximum Gasteiger partial charge on any atom is 0.241 e. The van der Waals surface area contributed by atoms with E-state index >= 15 is 0 Å². The summed E-state index contributed by atoms with van der Waals surface area (Å²) >= 11 is 0. The van der Waals surface area contributed by atoms with Crippen molar-refractivity contribution < 1.29 is 13.2 Å². The third-order valence-electron chi connectivity index (χ3n) is 3.08. The largest absolute Gasteiger partial charge is 0.325 e. The summed E-state index contributed by atoms with van der Waals surface area (Å²) in [5.74, 6) is -0.00985. The number of amides is 1. The molecule has 0 saturated carbocycles. The average molecular weight is 313 g/mol. The van der Waals surface area contributed by atoms with E-state index in [1.165, 1.54) is 13.1 Å². The highest BCUT2D eigenvalue weighted by molar-refractivity contribution is 7.89. The zero-order valence-corrected chi connectivity index (χ0v) is 13.6. The molecule has 0 aliphatic carbocycles. The number of anilines is 1. The first-order valence-electron chi connectivity index (χ1n) is 6.78. The van der Waals surface area contributed by atoms with Gasteiger partial charge in [0, 0.05) is 5.69 Å². The van der Waals surface area contributed by atoms with Crippen molar-refractivity contribution in [3.8, 4) is 0 Å². The number of carbonyl (C=O) groups excluding carboxylic acids is 1. The molecule has 0 aliphatic rings. The average Bonchev–Trinajstić information content (AvgIpc) is 2.39. The van der Waals surface area contributed by atoms with E-state index in [0.29, 0.717) is 23.6 Å². The highest BCUT2D eigenvalue weighted by Crippen LogP contribution is 2.20. The molecule has 6 nitrogen and oxygen atoms in total. The Hall–Kier alpha value is -1.44. The van der Waals surface area contributed by atoms with Crippen LogP contribution in [0.25, 0.3) is 0 Å². The number of nitrogens with two attached hydrogens (primary N) is 1. The van der Waals surface area contributed by atoms with Crippen LogP contribution in [0, 0.1) is 12.8 Å². The van der Waals surface area contributed by atoms with Gasteiger partial charge in [0.15, 0.2) is 0 Å². The predicted molar refractivity (Wildman–Crippen MR) is 83.5 cm³/mol. The first kappa shape index (κ1) is 17.6. The van der Waals surface area contributed by atoms with Crippen LogP contribution >= 0.6 is 0 Å². The van der Waals surface area contributed by atoms with Crippen molar-refractivity contribution >= 4 is 21.6 Å². The van der Waals surface area contributed by atoms with Crippen LogP contribution < -0.4 is 15.8 Å². The van der Waals surface area contributed by atoms with Gasteiger partial charge in [0.25, 0.3) is 0 Å². The lowest BCUT2D eigenvalue weighted by atomic mass is 10.0. The molecule has 1 rings (SSSR count). The van der Waals surface area contributed by atoms with Crippen molar-refractivity contribution in [1.29, 1.82) is 0 Å². The third-order valence-corrected chi connectivity index (χ3v) is 4.63. The molecule has 1 aromatic rings. The third kappa shape index (κ3) is 4.80. The Morgan fingerprint density at radius 2 is 1.95 bits per heavy atom. The van der Waals surface area contributed by atoms with E-state index in [0.717, 1.165) is 0 Å². The quantitative estimate of drug-likeness (QED) is 0.735. The number of hydrogen-bond donors (Lipinski definition) is 3. The normalized spacial score (nSPS) is 13.2. The summed E-state index contributed by atoms with van der Waals surface area (Å²) in [6.45, 7) is 5.66. The van der Waals surface area contributed by atoms with Crippen molar-refractivity contribution in [3.63, 3.8) is 0 Å². The van der Waals surface area contributed by atoms with Gasteiger partial charge in [-0.25, -0.2) is 13.1 Å². The van der Waals surface area contributed by atoms with E-state index in [-0.39, 0.29) is 10.8 Å². The lowest BCUT2D eigenvalue weighted by Gasteiger charge is -2.15. The summed E-state index contributed by atoms with van der Waals surface area (Å²) in [5.41, 5.74) is 6.82. The van der Waals surface area contributed by atoms with E-state index in [4.69, 9.17) is 5.73 Å². The van der Waals surface area contributed by atoms with Crippen molar-refractivity contribution in [2.45, 2.75) is 38.1 Å². The SMILES string of the molecule is CNS(=O)(=O)c1cc(NC(=O)C(N)CC(C)C)ccc1C. The summed E-state index contributed by atoms with van der Waals surface area (Å²) in [6.07, 6.45) is 0.569. The van der Waals surface area contributed by atoms with Crippen LogP contribution in [0.2, 0.25) is 0 Å². The molecule has 0 aliphatic heterocycles. The molecule has 4 N–H and O–H groups in total. The van der Waals surface area contributed by atoms with E-state index in [1.807, 2.05) is 13.8 Å². The van der Waals surface area contributed by atoms with Crippen LogP contribution in [0.3, 0.4) is 0 Å². The van der Waals surface area contributed by atoms with Crippen molar-refractivity contribution in [1.82, 2.24) is 4.72 Å². The Balaban J connectivity index is 2.96. The topological polar surface area (TPSA) is 101 Å². The Kier molecular flexibility index (Phi) is 5.88. The van der Waals surface area contributed by atoms with Crippen molar-refractivity contribution in [2.75, 3.05) is 12.4 Å². The number of hydrogen-bond acceptors (Lipinski definition) is 4. The Morgan fingerprint density at radius 1 is 1.33 bits per heavy atom. The van der Waals surface area contributed by atoms with Gasteiger partial charge in [0.1, 0.15) is 0 Å². The highest BCUT2D eigenvalue weighted by Gasteiger charge is 2.18. The van der Waals surface area contributed by atoms with E-state index in [9.17, 15) is 13.2 Å². The molecule has 0 aromatic heterocycles. The number of nitrogens with one attached hydrogen (secondary N) is 2. The molecule has 1 atom stereocenters. The van der Waals surface area contributed by atoms with E-state index < -0.39 is 16.1 Å². The molecule has 0 heterocycles. The van der Waals surface area contributed by atoms with Gasteiger partial charge in [-0.3, -0.25) is 4.79 Å². The minimum atomic E-state index is -3.56. The molecular weight excluding hydrogens is 290 g/mol. The second-order valence-corrected chi connectivity index (χ2v) is 7.27. The predicted octanol–water partition coefficient (Wildman–Crippen LogP) is 1.22. The zero-order chi connectivity index (χ0) is 16.2. The van der Waals surface area contributed by atoms with Crippen LogP contribution in [0.15, 0.2) is 23.1 Å². The monoisotopic (exact) mass is 313 g/mol. The Labute approximate surface area is 126 Å². The molecule has 0 bridgehead atoms. The first-order valence-corrected chi connectivity index (χ1v) is 8.26. The maximum atomic E-state index is 12.0. The molecule has 0 radical (unpaired) electrons. The molecule has 1 unspecified atom stereocenters. The molecule has 0 spiro atoms. The smallest absolute Gasteiger partial charge is 0.241 e. The second-order valence-electron chi connectivity index (χ2n) is 5.41. The molecule has 1 aromatic carbocycles. The standard InChI is InChI=1S/C14H23N3O3S/c1-9(2)7-12(15)14(18)17-11-6-5-10(3)13(8-11)21(19,20)16-4/h5-6,8-9,12,16H,7,15H2,1-4H3,(H,17,18). The summed E-state index contributed by atoms with van der Waals surface area (Å²) in [7, 11) is -2.21. The van der Waals surface area contributed by atoms with Crippen LogP contribution in [-0.2, 0) is 14.8 Å². The lowest BCUT2D eigenvalue weighted by Crippen LogP contribution is -2.36.